The van der Waals surface area contributed by atoms with Gasteiger partial charge in [-0.3, -0.25) is 4.98 Å². The van der Waals surface area contributed by atoms with Crippen LogP contribution in [0.2, 0.25) is 0 Å². The van der Waals surface area contributed by atoms with Gasteiger partial charge >= 0.3 is 0 Å². The first kappa shape index (κ1) is 13.7. The van der Waals surface area contributed by atoms with E-state index < -0.39 is 0 Å². The molecule has 2 heterocycles. The average molecular weight is 396 g/mol. The summed E-state index contributed by atoms with van der Waals surface area (Å²) in [6.07, 6.45) is 2.95. The molecule has 0 aliphatic carbocycles. The molecule has 6 heteroatoms. The summed E-state index contributed by atoms with van der Waals surface area (Å²) in [4.78, 5) is 6.79. The Morgan fingerprint density at radius 3 is 2.82 bits per heavy atom. The highest BCUT2D eigenvalue weighted by Crippen LogP contribution is 2.36. The summed E-state index contributed by atoms with van der Waals surface area (Å²) in [6.45, 7) is 3.11. The summed E-state index contributed by atoms with van der Waals surface area (Å²) < 4.78 is 2.28. The summed E-state index contributed by atoms with van der Waals surface area (Å²) >= 11 is 10.6. The number of likely N-dealkylation sites (N-methyl/N-ethyl adjacent to an activating group) is 1. The summed E-state index contributed by atoms with van der Waals surface area (Å²) in [5.41, 5.74) is 1.89. The molecule has 1 atom stereocenters. The number of halogens is 2. The van der Waals surface area contributed by atoms with Crippen molar-refractivity contribution in [3.63, 3.8) is 0 Å². The first-order valence-electron chi connectivity index (χ1n) is 5.26. The van der Waals surface area contributed by atoms with Crippen LogP contribution in [0.1, 0.15) is 22.7 Å². The smallest absolute Gasteiger partial charge is 0.0843 e. The van der Waals surface area contributed by atoms with E-state index in [1.165, 1.54) is 9.75 Å². The molecule has 17 heavy (non-hydrogen) atoms. The first-order chi connectivity index (χ1) is 8.20. The minimum Gasteiger partial charge on any atom is -0.309 e. The minimum absolute atomic E-state index is 0.369. The zero-order valence-corrected chi connectivity index (χ0v) is 14.0. The molecule has 0 bridgehead atoms. The summed E-state index contributed by atoms with van der Waals surface area (Å²) in [5.74, 6) is 0. The Balaban J connectivity index is 2.16. The van der Waals surface area contributed by atoms with Crippen LogP contribution >= 0.6 is 54.5 Å². The number of nitrogens with zero attached hydrogens (tertiary/aromatic N) is 1. The van der Waals surface area contributed by atoms with Crippen LogP contribution in [0.5, 0.6) is 0 Å². The van der Waals surface area contributed by atoms with Crippen molar-refractivity contribution in [3.8, 4) is 0 Å². The fourth-order valence-electron chi connectivity index (χ4n) is 1.60. The van der Waals surface area contributed by atoms with E-state index in [0.29, 0.717) is 6.04 Å². The van der Waals surface area contributed by atoms with Gasteiger partial charge in [0.2, 0.25) is 0 Å². The van der Waals surface area contributed by atoms with Crippen LogP contribution in [0.3, 0.4) is 0 Å². The first-order valence-corrected chi connectivity index (χ1v) is 8.54. The van der Waals surface area contributed by atoms with Crippen LogP contribution in [-0.4, -0.2) is 11.5 Å². The molecule has 2 aromatic rings. The standard InChI is InChI=1S/C11H12Br2N2S2/c1-2-15-9(3-7-5-14-6-16-7)10-4-8(12)11(13)17-10/h4-6,9,15H,2-3H2,1H3. The van der Waals surface area contributed by atoms with Gasteiger partial charge in [-0.2, -0.15) is 0 Å². The van der Waals surface area contributed by atoms with Gasteiger partial charge in [-0.25, -0.2) is 0 Å². The van der Waals surface area contributed by atoms with E-state index in [4.69, 9.17) is 0 Å². The van der Waals surface area contributed by atoms with Crippen LogP contribution in [0.4, 0.5) is 0 Å². The molecule has 0 aliphatic rings. The van der Waals surface area contributed by atoms with Gasteiger partial charge in [-0.1, -0.05) is 6.92 Å². The SMILES string of the molecule is CCNC(Cc1cncs1)c1cc(Br)c(Br)s1. The molecule has 2 rings (SSSR count). The number of nitrogens with one attached hydrogen (secondary N) is 1. The van der Waals surface area contributed by atoms with E-state index in [2.05, 4.69) is 55.2 Å². The Bertz CT molecular complexity index is 448. The second kappa shape index (κ2) is 6.43. The van der Waals surface area contributed by atoms with Gasteiger partial charge in [-0.15, -0.1) is 22.7 Å². The maximum Gasteiger partial charge on any atom is 0.0843 e. The third-order valence-corrected chi connectivity index (χ3v) is 6.52. The quantitative estimate of drug-likeness (QED) is 0.798. The Kier molecular flexibility index (Phi) is 5.17. The van der Waals surface area contributed by atoms with Crippen molar-refractivity contribution in [2.45, 2.75) is 19.4 Å². The van der Waals surface area contributed by atoms with E-state index in [9.17, 15) is 0 Å². The lowest BCUT2D eigenvalue weighted by molar-refractivity contribution is 0.561. The second-order valence-corrected chi connectivity index (χ2v) is 7.78. The molecule has 2 nitrogen and oxygen atoms in total. The predicted octanol–water partition coefficient (Wildman–Crippen LogP) is 4.62. The van der Waals surface area contributed by atoms with Crippen LogP contribution in [0.15, 0.2) is 26.0 Å². The molecule has 0 spiro atoms. The lowest BCUT2D eigenvalue weighted by Gasteiger charge is -2.14. The number of thiazole rings is 1. The Hall–Kier alpha value is 0.250. The molecule has 2 aromatic heterocycles. The Labute approximate surface area is 126 Å². The summed E-state index contributed by atoms with van der Waals surface area (Å²) in [5, 5.41) is 3.53. The zero-order chi connectivity index (χ0) is 12.3. The van der Waals surface area contributed by atoms with Gasteiger partial charge in [0.25, 0.3) is 0 Å². The van der Waals surface area contributed by atoms with E-state index in [-0.39, 0.29) is 0 Å². The van der Waals surface area contributed by atoms with Crippen molar-refractivity contribution in [2.24, 2.45) is 0 Å². The van der Waals surface area contributed by atoms with E-state index >= 15 is 0 Å². The van der Waals surface area contributed by atoms with Crippen LogP contribution in [0.25, 0.3) is 0 Å². The molecule has 0 amide bonds. The minimum atomic E-state index is 0.369. The van der Waals surface area contributed by atoms with E-state index in [1.54, 1.807) is 22.7 Å². The number of hydrogen-bond donors (Lipinski definition) is 1. The molecule has 0 aliphatic heterocycles. The molecule has 0 aromatic carbocycles. The van der Waals surface area contributed by atoms with Crippen LogP contribution in [-0.2, 0) is 6.42 Å². The van der Waals surface area contributed by atoms with Crippen LogP contribution in [0, 0.1) is 0 Å². The van der Waals surface area contributed by atoms with Crippen molar-refractivity contribution in [2.75, 3.05) is 6.54 Å². The second-order valence-electron chi connectivity index (χ2n) is 3.55. The molecule has 0 radical (unpaired) electrons. The normalized spacial score (nSPS) is 12.9. The van der Waals surface area contributed by atoms with Gasteiger partial charge in [-0.05, 0) is 44.5 Å². The molecule has 1 N–H and O–H groups in total. The molecule has 0 fully saturated rings. The zero-order valence-electron chi connectivity index (χ0n) is 9.24. The summed E-state index contributed by atoms with van der Waals surface area (Å²) in [7, 11) is 0. The molecular weight excluding hydrogens is 384 g/mol. The molecular formula is C11H12Br2N2S2. The lowest BCUT2D eigenvalue weighted by atomic mass is 10.1. The topological polar surface area (TPSA) is 24.9 Å². The monoisotopic (exact) mass is 394 g/mol. The van der Waals surface area contributed by atoms with Gasteiger partial charge < -0.3 is 5.32 Å². The van der Waals surface area contributed by atoms with Gasteiger partial charge in [0.1, 0.15) is 0 Å². The number of rotatable bonds is 5. The third kappa shape index (κ3) is 3.61. The number of thiophene rings is 1. The van der Waals surface area contributed by atoms with Crippen molar-refractivity contribution >= 4 is 54.5 Å². The van der Waals surface area contributed by atoms with Crippen molar-refractivity contribution in [1.82, 2.24) is 10.3 Å². The molecule has 1 unspecified atom stereocenters. The number of hydrogen-bond acceptors (Lipinski definition) is 4. The predicted molar refractivity (Wildman–Crippen MR) is 82.0 cm³/mol. The van der Waals surface area contributed by atoms with Crippen molar-refractivity contribution < 1.29 is 0 Å². The Morgan fingerprint density at radius 1 is 1.47 bits per heavy atom. The van der Waals surface area contributed by atoms with E-state index in [0.717, 1.165) is 21.2 Å². The average Bonchev–Trinajstić information content (AvgIpc) is 2.90. The van der Waals surface area contributed by atoms with Gasteiger partial charge in [0.15, 0.2) is 0 Å². The van der Waals surface area contributed by atoms with Gasteiger partial charge in [0.05, 0.1) is 9.30 Å². The highest BCUT2D eigenvalue weighted by Gasteiger charge is 2.16. The third-order valence-electron chi connectivity index (χ3n) is 2.35. The molecule has 0 saturated carbocycles. The molecule has 92 valence electrons. The van der Waals surface area contributed by atoms with Crippen LogP contribution < -0.4 is 5.32 Å². The maximum atomic E-state index is 4.13. The highest BCUT2D eigenvalue weighted by atomic mass is 79.9. The van der Waals surface area contributed by atoms with Crippen molar-refractivity contribution in [3.05, 3.63) is 35.8 Å². The largest absolute Gasteiger partial charge is 0.309 e. The van der Waals surface area contributed by atoms with Gasteiger partial charge in [0, 0.05) is 32.9 Å². The lowest BCUT2D eigenvalue weighted by Crippen LogP contribution is -2.21. The van der Waals surface area contributed by atoms with E-state index in [1.807, 2.05) is 11.7 Å². The Morgan fingerprint density at radius 2 is 2.29 bits per heavy atom. The number of aromatic nitrogens is 1. The summed E-state index contributed by atoms with van der Waals surface area (Å²) in [6, 6.07) is 2.55. The maximum absolute atomic E-state index is 4.13. The molecule has 0 saturated heterocycles. The highest BCUT2D eigenvalue weighted by molar-refractivity contribution is 9.13. The fourth-order valence-corrected chi connectivity index (χ4v) is 4.41. The fraction of sp³-hybridized carbons (Fsp3) is 0.364. The van der Waals surface area contributed by atoms with Crippen molar-refractivity contribution in [1.29, 1.82) is 0 Å².